The number of anilines is 1. The minimum absolute atomic E-state index is 0.666. The summed E-state index contributed by atoms with van der Waals surface area (Å²) < 4.78 is 4.36. The average Bonchev–Trinajstić information content (AvgIpc) is 3.57. The summed E-state index contributed by atoms with van der Waals surface area (Å²) in [6.45, 7) is 6.33. The fourth-order valence-corrected chi connectivity index (χ4v) is 5.40. The second-order valence-corrected chi connectivity index (χ2v) is 9.47. The zero-order valence-electron chi connectivity index (χ0n) is 19.4. The predicted molar refractivity (Wildman–Crippen MR) is 133 cm³/mol. The van der Waals surface area contributed by atoms with E-state index in [1.807, 2.05) is 31.3 Å². The number of rotatable bonds is 4. The quantitative estimate of drug-likeness (QED) is 0.450. The third-order valence-corrected chi connectivity index (χ3v) is 7.28. The van der Waals surface area contributed by atoms with E-state index in [-0.39, 0.29) is 0 Å². The van der Waals surface area contributed by atoms with Crippen LogP contribution in [0.1, 0.15) is 18.1 Å². The van der Waals surface area contributed by atoms with Crippen molar-refractivity contribution in [2.45, 2.75) is 13.5 Å². The lowest BCUT2D eigenvalue weighted by atomic mass is 9.98. The van der Waals surface area contributed by atoms with E-state index in [4.69, 9.17) is 5.26 Å². The molecule has 170 valence electrons. The van der Waals surface area contributed by atoms with Crippen LogP contribution in [0.25, 0.3) is 28.3 Å². The summed E-state index contributed by atoms with van der Waals surface area (Å²) in [6.07, 6.45) is 3.98. The molecule has 0 radical (unpaired) electrons. The zero-order valence-corrected chi connectivity index (χ0v) is 19.4. The maximum atomic E-state index is 9.12. The molecule has 0 unspecified atom stereocenters. The van der Waals surface area contributed by atoms with Crippen LogP contribution in [-0.4, -0.2) is 46.0 Å². The van der Waals surface area contributed by atoms with Crippen molar-refractivity contribution in [1.29, 1.82) is 5.26 Å². The van der Waals surface area contributed by atoms with Crippen molar-refractivity contribution in [1.82, 2.24) is 24.6 Å². The van der Waals surface area contributed by atoms with Gasteiger partial charge in [0.1, 0.15) is 6.33 Å². The number of aromatic nitrogens is 4. The van der Waals surface area contributed by atoms with Gasteiger partial charge >= 0.3 is 0 Å². The smallest absolute Gasteiger partial charge is 0.185 e. The molecule has 1 N–H and O–H groups in total. The Labute approximate surface area is 199 Å². The Kier molecular flexibility index (Phi) is 4.96. The van der Waals surface area contributed by atoms with Crippen molar-refractivity contribution in [3.8, 4) is 34.4 Å². The summed E-state index contributed by atoms with van der Waals surface area (Å²) in [5, 5.41) is 21.2. The summed E-state index contributed by atoms with van der Waals surface area (Å²) in [6, 6.07) is 18.9. The van der Waals surface area contributed by atoms with Gasteiger partial charge in [-0.05, 0) is 73.0 Å². The van der Waals surface area contributed by atoms with E-state index in [2.05, 4.69) is 73.0 Å². The van der Waals surface area contributed by atoms with E-state index in [1.54, 1.807) is 6.33 Å². The summed E-state index contributed by atoms with van der Waals surface area (Å²) in [5.74, 6) is 2.18. The van der Waals surface area contributed by atoms with Gasteiger partial charge in [0.2, 0.25) is 0 Å². The molecule has 1 fully saturated rings. The SMILES string of the molecule is CNC[C@H]1CN(c2ccc3c(c2)Cn2cc(-c4ccc(C#N)cc4)cc2-c2nncn2-3)C[C@@H]1C. The summed E-state index contributed by atoms with van der Waals surface area (Å²) in [5.41, 5.74) is 7.56. The maximum absolute atomic E-state index is 9.12. The fraction of sp³-hybridized carbons (Fsp3) is 0.296. The highest BCUT2D eigenvalue weighted by atomic mass is 15.3. The molecule has 0 amide bonds. The number of nitrogens with one attached hydrogen (secondary N) is 1. The van der Waals surface area contributed by atoms with Gasteiger partial charge in [-0.2, -0.15) is 5.26 Å². The lowest BCUT2D eigenvalue weighted by molar-refractivity contribution is 0.435. The van der Waals surface area contributed by atoms with Crippen LogP contribution in [0.2, 0.25) is 0 Å². The lowest BCUT2D eigenvalue weighted by Crippen LogP contribution is -2.25. The van der Waals surface area contributed by atoms with Gasteiger partial charge in [0.05, 0.1) is 23.0 Å². The van der Waals surface area contributed by atoms with E-state index in [0.29, 0.717) is 17.4 Å². The number of hydrogen-bond acceptors (Lipinski definition) is 5. The van der Waals surface area contributed by atoms with Gasteiger partial charge in [0.15, 0.2) is 5.82 Å². The molecule has 0 saturated carbocycles. The van der Waals surface area contributed by atoms with Crippen LogP contribution < -0.4 is 10.2 Å². The molecule has 0 spiro atoms. The minimum atomic E-state index is 0.666. The molecule has 4 aromatic rings. The molecule has 6 rings (SSSR count). The second kappa shape index (κ2) is 8.15. The van der Waals surface area contributed by atoms with E-state index >= 15 is 0 Å². The van der Waals surface area contributed by atoms with E-state index in [9.17, 15) is 0 Å². The van der Waals surface area contributed by atoms with Gasteiger partial charge in [-0.1, -0.05) is 19.1 Å². The molecule has 2 atom stereocenters. The molecular weight excluding hydrogens is 422 g/mol. The molecule has 2 aliphatic rings. The van der Waals surface area contributed by atoms with Gasteiger partial charge in [-0.15, -0.1) is 10.2 Å². The Morgan fingerprint density at radius 3 is 2.74 bits per heavy atom. The highest BCUT2D eigenvalue weighted by Crippen LogP contribution is 2.36. The van der Waals surface area contributed by atoms with Crippen LogP contribution in [0, 0.1) is 23.2 Å². The summed E-state index contributed by atoms with van der Waals surface area (Å²) >= 11 is 0. The monoisotopic (exact) mass is 449 g/mol. The normalized spacial score (nSPS) is 18.7. The van der Waals surface area contributed by atoms with Gasteiger partial charge in [-0.3, -0.25) is 4.57 Å². The molecule has 2 aromatic carbocycles. The Balaban J connectivity index is 1.38. The van der Waals surface area contributed by atoms with E-state index < -0.39 is 0 Å². The Bertz CT molecular complexity index is 1390. The first-order chi connectivity index (χ1) is 16.6. The molecule has 7 nitrogen and oxygen atoms in total. The molecular formula is C27H27N7. The van der Waals surface area contributed by atoms with E-state index in [1.165, 1.54) is 11.3 Å². The first kappa shape index (κ1) is 20.7. The van der Waals surface area contributed by atoms with E-state index in [0.717, 1.165) is 54.5 Å². The lowest BCUT2D eigenvalue weighted by Gasteiger charge is -2.21. The van der Waals surface area contributed by atoms with Crippen molar-refractivity contribution < 1.29 is 0 Å². The number of fused-ring (bicyclic) bond motifs is 5. The van der Waals surface area contributed by atoms with Gasteiger partial charge < -0.3 is 14.8 Å². The standard InChI is InChI=1S/C27H27N7/c1-18-13-32(16-23(18)12-29-2)24-7-8-25-22(9-24)15-33-14-21(20-5-3-19(11-28)4-6-20)10-26(33)27-31-30-17-34(25)27/h3-10,14,17-18,23,29H,12-13,15-16H2,1-2H3/t18-,23-/m0/s1. The maximum Gasteiger partial charge on any atom is 0.185 e. The highest BCUT2D eigenvalue weighted by Gasteiger charge is 2.30. The van der Waals surface area contributed by atoms with Crippen molar-refractivity contribution >= 4 is 5.69 Å². The topological polar surface area (TPSA) is 74.7 Å². The molecule has 2 aliphatic heterocycles. The predicted octanol–water partition coefficient (Wildman–Crippen LogP) is 3.93. The molecule has 0 bridgehead atoms. The largest absolute Gasteiger partial charge is 0.371 e. The van der Waals surface area contributed by atoms with Crippen LogP contribution in [-0.2, 0) is 6.54 Å². The number of hydrogen-bond donors (Lipinski definition) is 1. The highest BCUT2D eigenvalue weighted by molar-refractivity contribution is 5.72. The minimum Gasteiger partial charge on any atom is -0.371 e. The number of nitrogens with zero attached hydrogens (tertiary/aromatic N) is 6. The summed E-state index contributed by atoms with van der Waals surface area (Å²) in [7, 11) is 2.04. The van der Waals surface area contributed by atoms with Crippen LogP contribution in [0.5, 0.6) is 0 Å². The van der Waals surface area contributed by atoms with Gasteiger partial charge in [0.25, 0.3) is 0 Å². The molecule has 4 heterocycles. The Morgan fingerprint density at radius 2 is 1.94 bits per heavy atom. The first-order valence-electron chi connectivity index (χ1n) is 11.8. The molecule has 1 saturated heterocycles. The van der Waals surface area contributed by atoms with Gasteiger partial charge in [0, 0.05) is 37.1 Å². The molecule has 2 aromatic heterocycles. The van der Waals surface area contributed by atoms with Crippen LogP contribution >= 0.6 is 0 Å². The molecule has 7 heteroatoms. The number of benzene rings is 2. The van der Waals surface area contributed by atoms with Crippen molar-refractivity contribution in [3.63, 3.8) is 0 Å². The van der Waals surface area contributed by atoms with Gasteiger partial charge in [-0.25, -0.2) is 0 Å². The van der Waals surface area contributed by atoms with Crippen molar-refractivity contribution in [3.05, 3.63) is 72.2 Å². The number of nitriles is 1. The average molecular weight is 450 g/mol. The third-order valence-electron chi connectivity index (χ3n) is 7.28. The van der Waals surface area contributed by atoms with Crippen LogP contribution in [0.3, 0.4) is 0 Å². The molecule has 0 aliphatic carbocycles. The molecule has 34 heavy (non-hydrogen) atoms. The first-order valence-corrected chi connectivity index (χ1v) is 11.8. The summed E-state index contributed by atoms with van der Waals surface area (Å²) in [4.78, 5) is 2.52. The van der Waals surface area contributed by atoms with Crippen molar-refractivity contribution in [2.75, 3.05) is 31.6 Å². The zero-order chi connectivity index (χ0) is 23.2. The van der Waals surface area contributed by atoms with Crippen LogP contribution in [0.4, 0.5) is 5.69 Å². The second-order valence-electron chi connectivity index (χ2n) is 9.47. The Hall–Kier alpha value is -3.89. The fourth-order valence-electron chi connectivity index (χ4n) is 5.40. The van der Waals surface area contributed by atoms with Crippen molar-refractivity contribution in [2.24, 2.45) is 11.8 Å². The third kappa shape index (κ3) is 3.39. The van der Waals surface area contributed by atoms with Crippen LogP contribution in [0.15, 0.2) is 61.1 Å². The Morgan fingerprint density at radius 1 is 1.09 bits per heavy atom.